The SMILES string of the molecule is CC(C)C(=O)N1CCN(c2ccc(Cl)cc2NC(=S)NC(=O)c2ccc3ccccc3c2)CC1. The summed E-state index contributed by atoms with van der Waals surface area (Å²) >= 11 is 11.7. The summed E-state index contributed by atoms with van der Waals surface area (Å²) in [5.74, 6) is -0.123. The predicted molar refractivity (Wildman–Crippen MR) is 143 cm³/mol. The van der Waals surface area contributed by atoms with Crippen LogP contribution < -0.4 is 15.5 Å². The lowest BCUT2D eigenvalue weighted by Crippen LogP contribution is -2.50. The number of nitrogens with one attached hydrogen (secondary N) is 2. The van der Waals surface area contributed by atoms with Gasteiger partial charge in [-0.2, -0.15) is 0 Å². The molecule has 0 radical (unpaired) electrons. The van der Waals surface area contributed by atoms with Gasteiger partial charge in [-0.15, -0.1) is 0 Å². The summed E-state index contributed by atoms with van der Waals surface area (Å²) in [5.41, 5.74) is 2.16. The molecule has 1 aliphatic rings. The summed E-state index contributed by atoms with van der Waals surface area (Å²) in [6.07, 6.45) is 0. The van der Waals surface area contributed by atoms with Crippen molar-refractivity contribution in [2.24, 2.45) is 5.92 Å². The van der Waals surface area contributed by atoms with Crippen molar-refractivity contribution in [3.05, 3.63) is 71.2 Å². The maximum absolute atomic E-state index is 12.8. The van der Waals surface area contributed by atoms with E-state index in [1.54, 1.807) is 12.1 Å². The standard InChI is InChI=1S/C26H27ClN4O2S/c1-17(2)25(33)31-13-11-30(12-14-31)23-10-9-21(27)16-22(23)28-26(34)29-24(32)20-8-7-18-5-3-4-6-19(18)15-20/h3-10,15-17H,11-14H2,1-2H3,(H2,28,29,32,34). The Morgan fingerprint density at radius 3 is 2.35 bits per heavy atom. The molecule has 3 aromatic carbocycles. The Kier molecular flexibility index (Phi) is 7.34. The van der Waals surface area contributed by atoms with Crippen LogP contribution in [0.15, 0.2) is 60.7 Å². The zero-order valence-electron chi connectivity index (χ0n) is 19.2. The lowest BCUT2D eigenvalue weighted by atomic mass is 10.1. The van der Waals surface area contributed by atoms with Gasteiger partial charge in [-0.25, -0.2) is 0 Å². The van der Waals surface area contributed by atoms with Gasteiger partial charge in [-0.05, 0) is 53.3 Å². The number of hydrogen-bond donors (Lipinski definition) is 2. The van der Waals surface area contributed by atoms with Crippen LogP contribution in [0.5, 0.6) is 0 Å². The number of benzene rings is 3. The highest BCUT2D eigenvalue weighted by Crippen LogP contribution is 2.30. The van der Waals surface area contributed by atoms with E-state index in [9.17, 15) is 9.59 Å². The molecule has 0 bridgehead atoms. The van der Waals surface area contributed by atoms with Crippen LogP contribution in [0, 0.1) is 5.92 Å². The van der Waals surface area contributed by atoms with Crippen molar-refractivity contribution in [1.29, 1.82) is 0 Å². The van der Waals surface area contributed by atoms with Crippen molar-refractivity contribution in [3.8, 4) is 0 Å². The topological polar surface area (TPSA) is 64.7 Å². The number of halogens is 1. The Morgan fingerprint density at radius 2 is 1.65 bits per heavy atom. The Hall–Kier alpha value is -3.16. The summed E-state index contributed by atoms with van der Waals surface area (Å²) in [4.78, 5) is 29.2. The van der Waals surface area contributed by atoms with Crippen LogP contribution in [-0.2, 0) is 4.79 Å². The van der Waals surface area contributed by atoms with Gasteiger partial charge in [0.1, 0.15) is 0 Å². The zero-order chi connectivity index (χ0) is 24.2. The van der Waals surface area contributed by atoms with Crippen LogP contribution in [0.3, 0.4) is 0 Å². The van der Waals surface area contributed by atoms with E-state index in [4.69, 9.17) is 23.8 Å². The average molecular weight is 495 g/mol. The van der Waals surface area contributed by atoms with Gasteiger partial charge in [0.05, 0.1) is 11.4 Å². The first-order valence-corrected chi connectivity index (χ1v) is 12.0. The van der Waals surface area contributed by atoms with E-state index < -0.39 is 0 Å². The van der Waals surface area contributed by atoms with Gasteiger partial charge in [0.2, 0.25) is 5.91 Å². The van der Waals surface area contributed by atoms with Crippen LogP contribution in [-0.4, -0.2) is 48.0 Å². The second-order valence-electron chi connectivity index (χ2n) is 8.60. The number of carbonyl (C=O) groups excluding carboxylic acids is 2. The minimum atomic E-state index is -0.285. The van der Waals surface area contributed by atoms with Crippen LogP contribution in [0.2, 0.25) is 5.02 Å². The van der Waals surface area contributed by atoms with E-state index in [1.807, 2.05) is 67.3 Å². The molecule has 0 saturated carbocycles. The normalized spacial score (nSPS) is 13.8. The van der Waals surface area contributed by atoms with Crippen molar-refractivity contribution in [2.45, 2.75) is 13.8 Å². The highest BCUT2D eigenvalue weighted by atomic mass is 35.5. The van der Waals surface area contributed by atoms with Crippen LogP contribution in [0.25, 0.3) is 10.8 Å². The fraction of sp³-hybridized carbons (Fsp3) is 0.269. The van der Waals surface area contributed by atoms with Gasteiger partial charge < -0.3 is 15.1 Å². The summed E-state index contributed by atoms with van der Waals surface area (Å²) in [5, 5.41) is 8.70. The molecule has 4 rings (SSSR count). The molecule has 0 aliphatic carbocycles. The number of hydrogen-bond acceptors (Lipinski definition) is 4. The minimum Gasteiger partial charge on any atom is -0.366 e. The van der Waals surface area contributed by atoms with Gasteiger partial charge in [-0.1, -0.05) is 55.8 Å². The molecule has 0 unspecified atom stereocenters. The molecular formula is C26H27ClN4O2S. The van der Waals surface area contributed by atoms with Crippen molar-refractivity contribution >= 4 is 62.9 Å². The molecule has 1 aliphatic heterocycles. The fourth-order valence-corrected chi connectivity index (χ4v) is 4.45. The molecule has 2 N–H and O–H groups in total. The van der Waals surface area contributed by atoms with Gasteiger partial charge in [0.25, 0.3) is 5.91 Å². The first kappa shape index (κ1) is 24.0. The molecule has 1 saturated heterocycles. The monoisotopic (exact) mass is 494 g/mol. The lowest BCUT2D eigenvalue weighted by molar-refractivity contribution is -0.134. The molecule has 0 atom stereocenters. The molecular weight excluding hydrogens is 468 g/mol. The molecule has 34 heavy (non-hydrogen) atoms. The molecule has 2 amide bonds. The lowest BCUT2D eigenvalue weighted by Gasteiger charge is -2.37. The summed E-state index contributed by atoms with van der Waals surface area (Å²) < 4.78 is 0. The molecule has 8 heteroatoms. The average Bonchev–Trinajstić information content (AvgIpc) is 2.83. The molecule has 3 aromatic rings. The van der Waals surface area contributed by atoms with E-state index in [-0.39, 0.29) is 22.8 Å². The number of piperazine rings is 1. The Labute approximate surface area is 209 Å². The quantitative estimate of drug-likeness (QED) is 0.504. The highest BCUT2D eigenvalue weighted by molar-refractivity contribution is 7.80. The number of rotatable bonds is 4. The third kappa shape index (κ3) is 5.48. The largest absolute Gasteiger partial charge is 0.366 e. The fourth-order valence-electron chi connectivity index (χ4n) is 4.08. The van der Waals surface area contributed by atoms with Gasteiger partial charge in [0.15, 0.2) is 5.11 Å². The van der Waals surface area contributed by atoms with Crippen molar-refractivity contribution < 1.29 is 9.59 Å². The summed E-state index contributed by atoms with van der Waals surface area (Å²) in [6.45, 7) is 6.55. The first-order valence-electron chi connectivity index (χ1n) is 11.3. The third-order valence-corrected chi connectivity index (χ3v) is 6.31. The molecule has 6 nitrogen and oxygen atoms in total. The molecule has 0 aromatic heterocycles. The van der Waals surface area contributed by atoms with E-state index in [0.717, 1.165) is 16.5 Å². The third-order valence-electron chi connectivity index (χ3n) is 5.87. The smallest absolute Gasteiger partial charge is 0.257 e. The Bertz CT molecular complexity index is 1240. The maximum Gasteiger partial charge on any atom is 0.257 e. The number of thiocarbonyl (C=S) groups is 1. The van der Waals surface area contributed by atoms with Crippen molar-refractivity contribution in [3.63, 3.8) is 0 Å². The maximum atomic E-state index is 12.8. The van der Waals surface area contributed by atoms with Crippen LogP contribution >= 0.6 is 23.8 Å². The van der Waals surface area contributed by atoms with Gasteiger partial charge in [0, 0.05) is 42.7 Å². The Morgan fingerprint density at radius 1 is 0.941 bits per heavy atom. The van der Waals surface area contributed by atoms with E-state index in [2.05, 4.69) is 15.5 Å². The Balaban J connectivity index is 1.44. The van der Waals surface area contributed by atoms with Crippen molar-refractivity contribution in [2.75, 3.05) is 36.4 Å². The van der Waals surface area contributed by atoms with Gasteiger partial charge >= 0.3 is 0 Å². The van der Waals surface area contributed by atoms with Crippen LogP contribution in [0.1, 0.15) is 24.2 Å². The molecule has 176 valence electrons. The highest BCUT2D eigenvalue weighted by Gasteiger charge is 2.24. The second-order valence-corrected chi connectivity index (χ2v) is 9.44. The van der Waals surface area contributed by atoms with E-state index >= 15 is 0 Å². The van der Waals surface area contributed by atoms with E-state index in [0.29, 0.717) is 42.5 Å². The number of carbonyl (C=O) groups is 2. The molecule has 1 fully saturated rings. The number of anilines is 2. The van der Waals surface area contributed by atoms with Crippen LogP contribution in [0.4, 0.5) is 11.4 Å². The number of amides is 2. The predicted octanol–water partition coefficient (Wildman–Crippen LogP) is 4.92. The zero-order valence-corrected chi connectivity index (χ0v) is 20.7. The van der Waals surface area contributed by atoms with Crippen molar-refractivity contribution in [1.82, 2.24) is 10.2 Å². The molecule has 0 spiro atoms. The minimum absolute atomic E-state index is 0.0112. The number of fused-ring (bicyclic) bond motifs is 1. The second kappa shape index (κ2) is 10.4. The van der Waals surface area contributed by atoms with E-state index in [1.165, 1.54) is 0 Å². The first-order chi connectivity index (χ1) is 16.3. The summed E-state index contributed by atoms with van der Waals surface area (Å²) in [7, 11) is 0. The number of nitrogens with zero attached hydrogens (tertiary/aromatic N) is 2. The molecule has 1 heterocycles. The van der Waals surface area contributed by atoms with Gasteiger partial charge in [-0.3, -0.25) is 14.9 Å². The summed E-state index contributed by atoms with van der Waals surface area (Å²) in [6, 6.07) is 19.0.